The number of hydrogen-bond acceptors (Lipinski definition) is 7. The van der Waals surface area contributed by atoms with Crippen molar-refractivity contribution in [2.45, 2.75) is 30.5 Å². The summed E-state index contributed by atoms with van der Waals surface area (Å²) in [7, 11) is 0. The zero-order valence-corrected chi connectivity index (χ0v) is 10.8. The lowest BCUT2D eigenvalue weighted by Gasteiger charge is -2.02. The molecule has 1 aromatic heterocycles. The summed E-state index contributed by atoms with van der Waals surface area (Å²) in [5, 5.41) is 7.98. The third-order valence-corrected chi connectivity index (χ3v) is 3.60. The summed E-state index contributed by atoms with van der Waals surface area (Å²) in [5.41, 5.74) is 5.43. The lowest BCUT2D eigenvalue weighted by molar-refractivity contribution is -0.143. The second-order valence-electron chi connectivity index (χ2n) is 3.08. The Labute approximate surface area is 103 Å². The fourth-order valence-corrected chi connectivity index (χ4v) is 2.53. The predicted molar refractivity (Wildman–Crippen MR) is 65.5 cm³/mol. The Morgan fingerprint density at radius 2 is 2.38 bits per heavy atom. The van der Waals surface area contributed by atoms with Gasteiger partial charge in [0, 0.05) is 5.75 Å². The van der Waals surface area contributed by atoms with Crippen LogP contribution in [-0.4, -0.2) is 28.5 Å². The number of anilines is 1. The van der Waals surface area contributed by atoms with Crippen LogP contribution in [0.2, 0.25) is 0 Å². The van der Waals surface area contributed by atoms with Gasteiger partial charge in [0.25, 0.3) is 0 Å². The van der Waals surface area contributed by atoms with Gasteiger partial charge in [-0.15, -0.1) is 10.2 Å². The van der Waals surface area contributed by atoms with Gasteiger partial charge < -0.3 is 10.5 Å². The molecule has 0 radical (unpaired) electrons. The highest BCUT2D eigenvalue weighted by Gasteiger charge is 2.05. The van der Waals surface area contributed by atoms with Gasteiger partial charge in [-0.05, 0) is 6.42 Å². The number of rotatable bonds is 7. The van der Waals surface area contributed by atoms with E-state index in [1.165, 1.54) is 23.1 Å². The van der Waals surface area contributed by atoms with Crippen LogP contribution in [0.4, 0.5) is 5.13 Å². The van der Waals surface area contributed by atoms with Crippen LogP contribution >= 0.6 is 23.1 Å². The van der Waals surface area contributed by atoms with E-state index in [0.717, 1.165) is 17.2 Å². The van der Waals surface area contributed by atoms with Crippen LogP contribution < -0.4 is 5.73 Å². The van der Waals surface area contributed by atoms with Crippen LogP contribution in [0.25, 0.3) is 0 Å². The van der Waals surface area contributed by atoms with Crippen molar-refractivity contribution in [2.24, 2.45) is 0 Å². The highest BCUT2D eigenvalue weighted by atomic mass is 32.2. The number of carbonyl (C=O) groups excluding carboxylic acids is 1. The number of hydrogen-bond donors (Lipinski definition) is 1. The van der Waals surface area contributed by atoms with Crippen LogP contribution in [0.5, 0.6) is 0 Å². The van der Waals surface area contributed by atoms with Crippen molar-refractivity contribution in [3.63, 3.8) is 0 Å². The van der Waals surface area contributed by atoms with Gasteiger partial charge in [-0.1, -0.05) is 36.4 Å². The summed E-state index contributed by atoms with van der Waals surface area (Å²) in [6, 6.07) is 0. The van der Waals surface area contributed by atoms with E-state index >= 15 is 0 Å². The summed E-state index contributed by atoms with van der Waals surface area (Å²) in [4.78, 5) is 11.2. The number of thioether (sulfide) groups is 1. The molecule has 0 aliphatic rings. The highest BCUT2D eigenvalue weighted by molar-refractivity contribution is 8.01. The maximum atomic E-state index is 11.2. The molecule has 0 amide bonds. The fraction of sp³-hybridized carbons (Fsp3) is 0.667. The molecule has 1 rings (SSSR count). The van der Waals surface area contributed by atoms with Gasteiger partial charge in [0.2, 0.25) is 5.13 Å². The Morgan fingerprint density at radius 3 is 3.00 bits per heavy atom. The monoisotopic (exact) mass is 261 g/mol. The number of nitrogen functional groups attached to an aromatic ring is 1. The molecule has 16 heavy (non-hydrogen) atoms. The standard InChI is InChI=1S/C9H15N3O2S2/c1-2-3-5-14-7(13)4-6-15-9-12-11-8(10)16-9/h2-6H2,1H3,(H2,10,11). The van der Waals surface area contributed by atoms with Crippen LogP contribution in [0.3, 0.4) is 0 Å². The van der Waals surface area contributed by atoms with Gasteiger partial charge in [0.15, 0.2) is 4.34 Å². The second-order valence-corrected chi connectivity index (χ2v) is 5.43. The van der Waals surface area contributed by atoms with Gasteiger partial charge in [-0.3, -0.25) is 4.79 Å². The molecular formula is C9H15N3O2S2. The maximum absolute atomic E-state index is 11.2. The number of nitrogens with zero attached hydrogens (tertiary/aromatic N) is 2. The van der Waals surface area contributed by atoms with Crippen molar-refractivity contribution in [3.8, 4) is 0 Å². The van der Waals surface area contributed by atoms with E-state index in [9.17, 15) is 4.79 Å². The zero-order valence-electron chi connectivity index (χ0n) is 9.14. The largest absolute Gasteiger partial charge is 0.466 e. The molecule has 90 valence electrons. The molecule has 1 heterocycles. The molecule has 0 atom stereocenters. The maximum Gasteiger partial charge on any atom is 0.306 e. The Hall–Kier alpha value is -0.820. The summed E-state index contributed by atoms with van der Waals surface area (Å²) in [6.07, 6.45) is 2.35. The lowest BCUT2D eigenvalue weighted by atomic mass is 10.4. The Kier molecular flexibility index (Phi) is 6.17. The van der Waals surface area contributed by atoms with E-state index in [1.54, 1.807) is 0 Å². The van der Waals surface area contributed by atoms with Crippen LogP contribution in [0.15, 0.2) is 4.34 Å². The Morgan fingerprint density at radius 1 is 1.56 bits per heavy atom. The van der Waals surface area contributed by atoms with E-state index in [-0.39, 0.29) is 5.97 Å². The first-order valence-electron chi connectivity index (χ1n) is 5.09. The van der Waals surface area contributed by atoms with Crippen LogP contribution in [-0.2, 0) is 9.53 Å². The lowest BCUT2D eigenvalue weighted by Crippen LogP contribution is -2.06. The number of nitrogens with two attached hydrogens (primary N) is 1. The molecule has 1 aromatic rings. The molecule has 7 heteroatoms. The van der Waals surface area contributed by atoms with Crippen molar-refractivity contribution in [1.82, 2.24) is 10.2 Å². The third-order valence-electron chi connectivity index (χ3n) is 1.71. The highest BCUT2D eigenvalue weighted by Crippen LogP contribution is 2.23. The molecule has 0 saturated carbocycles. The average molecular weight is 261 g/mol. The van der Waals surface area contributed by atoms with E-state index in [0.29, 0.717) is 23.9 Å². The average Bonchev–Trinajstić information content (AvgIpc) is 2.65. The topological polar surface area (TPSA) is 78.1 Å². The first-order chi connectivity index (χ1) is 7.72. The summed E-state index contributed by atoms with van der Waals surface area (Å²) >= 11 is 2.80. The molecular weight excluding hydrogens is 246 g/mol. The Bertz CT molecular complexity index is 330. The molecule has 0 spiro atoms. The predicted octanol–water partition coefficient (Wildman–Crippen LogP) is 1.95. The number of esters is 1. The first kappa shape index (κ1) is 13.2. The molecule has 0 unspecified atom stereocenters. The van der Waals surface area contributed by atoms with Crippen molar-refractivity contribution < 1.29 is 9.53 Å². The van der Waals surface area contributed by atoms with E-state index in [4.69, 9.17) is 10.5 Å². The molecule has 0 aromatic carbocycles. The molecule has 0 fully saturated rings. The fourth-order valence-electron chi connectivity index (χ4n) is 0.903. The van der Waals surface area contributed by atoms with Crippen molar-refractivity contribution in [3.05, 3.63) is 0 Å². The minimum atomic E-state index is -0.154. The normalized spacial score (nSPS) is 10.3. The molecule has 0 aliphatic heterocycles. The van der Waals surface area contributed by atoms with Crippen LogP contribution in [0.1, 0.15) is 26.2 Å². The number of unbranched alkanes of at least 4 members (excludes halogenated alkanes) is 1. The molecule has 0 saturated heterocycles. The third kappa shape index (κ3) is 5.32. The SMILES string of the molecule is CCCCOC(=O)CCSc1nnc(N)s1. The number of carbonyl (C=O) groups is 1. The van der Waals surface area contributed by atoms with E-state index in [2.05, 4.69) is 17.1 Å². The minimum absolute atomic E-state index is 0.154. The molecule has 2 N–H and O–H groups in total. The van der Waals surface area contributed by atoms with Crippen LogP contribution in [0, 0.1) is 0 Å². The summed E-state index contributed by atoms with van der Waals surface area (Å²) in [5.74, 6) is 0.498. The van der Waals surface area contributed by atoms with Gasteiger partial charge in [-0.2, -0.15) is 0 Å². The smallest absolute Gasteiger partial charge is 0.306 e. The van der Waals surface area contributed by atoms with Crippen molar-refractivity contribution in [2.75, 3.05) is 18.1 Å². The van der Waals surface area contributed by atoms with Crippen molar-refractivity contribution >= 4 is 34.2 Å². The summed E-state index contributed by atoms with van der Waals surface area (Å²) in [6.45, 7) is 2.58. The quantitative estimate of drug-likeness (QED) is 0.459. The molecule has 5 nitrogen and oxygen atoms in total. The van der Waals surface area contributed by atoms with Gasteiger partial charge >= 0.3 is 5.97 Å². The van der Waals surface area contributed by atoms with Crippen molar-refractivity contribution in [1.29, 1.82) is 0 Å². The zero-order chi connectivity index (χ0) is 11.8. The van der Waals surface area contributed by atoms with E-state index < -0.39 is 0 Å². The molecule has 0 bridgehead atoms. The minimum Gasteiger partial charge on any atom is -0.466 e. The second kappa shape index (κ2) is 7.45. The molecule has 0 aliphatic carbocycles. The summed E-state index contributed by atoms with van der Waals surface area (Å²) < 4.78 is 5.81. The van der Waals surface area contributed by atoms with Gasteiger partial charge in [0.05, 0.1) is 13.0 Å². The Balaban J connectivity index is 2.08. The first-order valence-corrected chi connectivity index (χ1v) is 6.90. The number of ether oxygens (including phenoxy) is 1. The van der Waals surface area contributed by atoms with E-state index in [1.807, 2.05) is 0 Å². The van der Waals surface area contributed by atoms with Gasteiger partial charge in [0.1, 0.15) is 0 Å². The number of aromatic nitrogens is 2. The van der Waals surface area contributed by atoms with Gasteiger partial charge in [-0.25, -0.2) is 0 Å².